The Morgan fingerprint density at radius 1 is 1.08 bits per heavy atom. The molecule has 0 heterocycles. The fourth-order valence-corrected chi connectivity index (χ4v) is 3.01. The van der Waals surface area contributed by atoms with Crippen molar-refractivity contribution in [2.75, 3.05) is 24.5 Å². The lowest BCUT2D eigenvalue weighted by Gasteiger charge is -2.10. The molecule has 0 aromatic heterocycles. The van der Waals surface area contributed by atoms with Crippen molar-refractivity contribution >= 4 is 21.6 Å². The van der Waals surface area contributed by atoms with E-state index in [1.807, 2.05) is 0 Å². The van der Waals surface area contributed by atoms with Crippen molar-refractivity contribution in [3.63, 3.8) is 0 Å². The second kappa shape index (κ2) is 9.16. The zero-order valence-electron chi connectivity index (χ0n) is 13.8. The molecule has 140 valence electrons. The smallest absolute Gasteiger partial charge is 0.261 e. The zero-order valence-corrected chi connectivity index (χ0v) is 14.6. The third kappa shape index (κ3) is 6.01. The van der Waals surface area contributed by atoms with Gasteiger partial charge in [-0.2, -0.15) is 0 Å². The Hall–Kier alpha value is -2.65. The first-order chi connectivity index (χ1) is 12.4. The Labute approximate surface area is 150 Å². The van der Waals surface area contributed by atoms with E-state index in [2.05, 4.69) is 10.0 Å². The number of carbonyl (C=O) groups is 1. The van der Waals surface area contributed by atoms with Gasteiger partial charge in [0.2, 0.25) is 0 Å². The standard InChI is InChI=1S/C17H19FN2O5S/c18-13-2-4-14(5-3-13)20-26(23,24)16-8-6-15(7-9-16)25-12-17(22)19-10-1-11-21/h2-9,20-21H,1,10-12H2,(H,19,22). The topological polar surface area (TPSA) is 105 Å². The number of carbonyl (C=O) groups excluding carboxylic acids is 1. The average molecular weight is 382 g/mol. The van der Waals surface area contributed by atoms with Crippen molar-refractivity contribution in [1.82, 2.24) is 5.32 Å². The summed E-state index contributed by atoms with van der Waals surface area (Å²) in [6, 6.07) is 10.5. The lowest BCUT2D eigenvalue weighted by Crippen LogP contribution is -2.30. The summed E-state index contributed by atoms with van der Waals surface area (Å²) in [5.41, 5.74) is 0.242. The largest absolute Gasteiger partial charge is 0.484 e. The number of aliphatic hydroxyl groups is 1. The Morgan fingerprint density at radius 2 is 1.73 bits per heavy atom. The third-order valence-corrected chi connectivity index (χ3v) is 4.65. The van der Waals surface area contributed by atoms with Crippen molar-refractivity contribution < 1.29 is 27.4 Å². The molecule has 9 heteroatoms. The average Bonchev–Trinajstić information content (AvgIpc) is 2.62. The first-order valence-electron chi connectivity index (χ1n) is 7.79. The van der Waals surface area contributed by atoms with Gasteiger partial charge in [-0.3, -0.25) is 9.52 Å². The Balaban J connectivity index is 1.93. The van der Waals surface area contributed by atoms with Gasteiger partial charge < -0.3 is 15.2 Å². The quantitative estimate of drug-likeness (QED) is 0.570. The van der Waals surface area contributed by atoms with Crippen LogP contribution in [0.4, 0.5) is 10.1 Å². The van der Waals surface area contributed by atoms with Gasteiger partial charge in [-0.25, -0.2) is 12.8 Å². The number of rotatable bonds is 9. The van der Waals surface area contributed by atoms with Crippen LogP contribution in [0.15, 0.2) is 53.4 Å². The van der Waals surface area contributed by atoms with Crippen LogP contribution in [0.25, 0.3) is 0 Å². The Morgan fingerprint density at radius 3 is 2.35 bits per heavy atom. The molecule has 0 aliphatic rings. The van der Waals surface area contributed by atoms with E-state index in [4.69, 9.17) is 9.84 Å². The second-order valence-electron chi connectivity index (χ2n) is 5.30. The van der Waals surface area contributed by atoms with Crippen molar-refractivity contribution in [3.8, 4) is 5.75 Å². The van der Waals surface area contributed by atoms with Gasteiger partial charge in [-0.1, -0.05) is 0 Å². The van der Waals surface area contributed by atoms with E-state index in [-0.39, 0.29) is 29.7 Å². The summed E-state index contributed by atoms with van der Waals surface area (Å²) in [6.45, 7) is 0.124. The van der Waals surface area contributed by atoms with Crippen LogP contribution in [0, 0.1) is 5.82 Å². The van der Waals surface area contributed by atoms with Crippen LogP contribution in [-0.2, 0) is 14.8 Å². The minimum Gasteiger partial charge on any atom is -0.484 e. The fraction of sp³-hybridized carbons (Fsp3) is 0.235. The van der Waals surface area contributed by atoms with E-state index in [1.54, 1.807) is 0 Å². The molecule has 0 fully saturated rings. The Bertz CT molecular complexity index is 823. The maximum atomic E-state index is 12.9. The molecule has 0 saturated carbocycles. The van der Waals surface area contributed by atoms with E-state index >= 15 is 0 Å². The zero-order chi connectivity index (χ0) is 19.0. The molecule has 7 nitrogen and oxygen atoms in total. The number of nitrogens with one attached hydrogen (secondary N) is 2. The van der Waals surface area contributed by atoms with Gasteiger partial charge in [0, 0.05) is 18.8 Å². The molecule has 0 aliphatic heterocycles. The maximum Gasteiger partial charge on any atom is 0.261 e. The highest BCUT2D eigenvalue weighted by atomic mass is 32.2. The summed E-state index contributed by atoms with van der Waals surface area (Å²) in [5, 5.41) is 11.2. The molecule has 0 aliphatic carbocycles. The summed E-state index contributed by atoms with van der Waals surface area (Å²) in [6.07, 6.45) is 0.458. The predicted octanol–water partition coefficient (Wildman–Crippen LogP) is 1.50. The number of anilines is 1. The molecule has 0 atom stereocenters. The lowest BCUT2D eigenvalue weighted by molar-refractivity contribution is -0.123. The molecular formula is C17H19FN2O5S. The molecule has 0 spiro atoms. The van der Waals surface area contributed by atoms with Crippen LogP contribution in [-0.4, -0.2) is 39.2 Å². The summed E-state index contributed by atoms with van der Waals surface area (Å²) < 4.78 is 45.0. The van der Waals surface area contributed by atoms with E-state index in [1.165, 1.54) is 36.4 Å². The fourth-order valence-electron chi connectivity index (χ4n) is 1.95. The van der Waals surface area contributed by atoms with Crippen LogP contribution in [0.2, 0.25) is 0 Å². The number of aliphatic hydroxyl groups excluding tert-OH is 1. The van der Waals surface area contributed by atoms with Crippen LogP contribution in [0.3, 0.4) is 0 Å². The van der Waals surface area contributed by atoms with Crippen molar-refractivity contribution in [1.29, 1.82) is 0 Å². The molecule has 26 heavy (non-hydrogen) atoms. The molecule has 0 unspecified atom stereocenters. The molecule has 0 bridgehead atoms. The van der Waals surface area contributed by atoms with Gasteiger partial charge in [0.05, 0.1) is 4.90 Å². The number of halogens is 1. The second-order valence-corrected chi connectivity index (χ2v) is 6.98. The van der Waals surface area contributed by atoms with Gasteiger partial charge in [0.15, 0.2) is 6.61 Å². The highest BCUT2D eigenvalue weighted by Crippen LogP contribution is 2.19. The van der Waals surface area contributed by atoms with Gasteiger partial charge in [-0.05, 0) is 55.0 Å². The summed E-state index contributed by atoms with van der Waals surface area (Å²) in [4.78, 5) is 11.5. The summed E-state index contributed by atoms with van der Waals surface area (Å²) in [5.74, 6) is -0.467. The molecule has 2 aromatic carbocycles. The summed E-state index contributed by atoms with van der Waals surface area (Å²) >= 11 is 0. The number of sulfonamides is 1. The highest BCUT2D eigenvalue weighted by molar-refractivity contribution is 7.92. The minimum atomic E-state index is -3.82. The van der Waals surface area contributed by atoms with Crippen LogP contribution in [0.5, 0.6) is 5.75 Å². The van der Waals surface area contributed by atoms with Gasteiger partial charge in [0.25, 0.3) is 15.9 Å². The van der Waals surface area contributed by atoms with Crippen molar-refractivity contribution in [2.24, 2.45) is 0 Å². The molecule has 1 amide bonds. The molecular weight excluding hydrogens is 363 g/mol. The SMILES string of the molecule is O=C(COc1ccc(S(=O)(=O)Nc2ccc(F)cc2)cc1)NCCCO. The minimum absolute atomic E-state index is 0.00146. The molecule has 2 aromatic rings. The molecule has 3 N–H and O–H groups in total. The van der Waals surface area contributed by atoms with E-state index in [0.717, 1.165) is 12.1 Å². The molecule has 0 radical (unpaired) electrons. The number of ether oxygens (including phenoxy) is 1. The maximum absolute atomic E-state index is 12.9. The van der Waals surface area contributed by atoms with Crippen molar-refractivity contribution in [3.05, 3.63) is 54.3 Å². The normalized spacial score (nSPS) is 11.0. The highest BCUT2D eigenvalue weighted by Gasteiger charge is 2.14. The van der Waals surface area contributed by atoms with Crippen LogP contribution >= 0.6 is 0 Å². The number of amides is 1. The number of hydrogen-bond acceptors (Lipinski definition) is 5. The monoisotopic (exact) mass is 382 g/mol. The van der Waals surface area contributed by atoms with E-state index in [9.17, 15) is 17.6 Å². The molecule has 2 rings (SSSR count). The van der Waals surface area contributed by atoms with Crippen LogP contribution in [0.1, 0.15) is 6.42 Å². The van der Waals surface area contributed by atoms with Crippen molar-refractivity contribution in [2.45, 2.75) is 11.3 Å². The predicted molar refractivity (Wildman–Crippen MR) is 93.9 cm³/mol. The third-order valence-electron chi connectivity index (χ3n) is 3.26. The van der Waals surface area contributed by atoms with Crippen LogP contribution < -0.4 is 14.8 Å². The number of benzene rings is 2. The first kappa shape index (κ1) is 19.7. The van der Waals surface area contributed by atoms with Gasteiger partial charge in [-0.15, -0.1) is 0 Å². The van der Waals surface area contributed by atoms with E-state index in [0.29, 0.717) is 18.7 Å². The Kier molecular flexibility index (Phi) is 6.93. The lowest BCUT2D eigenvalue weighted by atomic mass is 10.3. The van der Waals surface area contributed by atoms with Gasteiger partial charge >= 0.3 is 0 Å². The molecule has 0 saturated heterocycles. The first-order valence-corrected chi connectivity index (χ1v) is 9.28. The number of hydrogen-bond donors (Lipinski definition) is 3. The van der Waals surface area contributed by atoms with Gasteiger partial charge in [0.1, 0.15) is 11.6 Å². The summed E-state index contributed by atoms with van der Waals surface area (Å²) in [7, 11) is -3.82. The van der Waals surface area contributed by atoms with E-state index < -0.39 is 15.8 Å².